The first-order valence-electron chi connectivity index (χ1n) is 8.78. The Morgan fingerprint density at radius 3 is 2.65 bits per heavy atom. The molecule has 2 aromatic heterocycles. The first-order valence-corrected chi connectivity index (χ1v) is 9.15. The molecule has 1 aromatic carbocycles. The fraction of sp³-hybridized carbons (Fsp3) is 0.350. The molecular formula is C20H21ClFN3O. The van der Waals surface area contributed by atoms with Crippen molar-refractivity contribution in [1.29, 1.82) is 0 Å². The summed E-state index contributed by atoms with van der Waals surface area (Å²) in [5.41, 5.74) is 1.75. The van der Waals surface area contributed by atoms with E-state index in [1.165, 1.54) is 6.20 Å². The number of nitrogens with one attached hydrogen (secondary N) is 2. The number of aromatic amines is 1. The van der Waals surface area contributed by atoms with Crippen LogP contribution in [0.1, 0.15) is 19.4 Å². The van der Waals surface area contributed by atoms with Gasteiger partial charge in [0.2, 0.25) is 0 Å². The molecule has 1 saturated heterocycles. The number of piperidine rings is 1. The van der Waals surface area contributed by atoms with E-state index in [1.807, 2.05) is 26.0 Å². The zero-order valence-electron chi connectivity index (χ0n) is 14.7. The fourth-order valence-electron chi connectivity index (χ4n) is 4.11. The predicted octanol–water partition coefficient (Wildman–Crippen LogP) is 4.09. The molecule has 3 N–H and O–H groups in total. The van der Waals surface area contributed by atoms with Crippen LogP contribution in [-0.2, 0) is 5.60 Å². The van der Waals surface area contributed by atoms with E-state index in [2.05, 4.69) is 15.3 Å². The van der Waals surface area contributed by atoms with Gasteiger partial charge in [0.15, 0.2) is 5.82 Å². The van der Waals surface area contributed by atoms with Crippen molar-refractivity contribution in [2.75, 3.05) is 13.1 Å². The molecule has 3 aromatic rings. The topological polar surface area (TPSA) is 60.9 Å². The summed E-state index contributed by atoms with van der Waals surface area (Å²) in [5.74, 6) is -0.281. The SMILES string of the molecule is CC1CNCC(C)C1(O)c1ccc(-c2ccnc3[nH]cc(F)c23)cc1Cl. The maximum atomic E-state index is 14.2. The number of pyridine rings is 1. The first kappa shape index (κ1) is 17.5. The van der Waals surface area contributed by atoms with Gasteiger partial charge in [0.05, 0.1) is 11.0 Å². The van der Waals surface area contributed by atoms with Crippen molar-refractivity contribution in [3.63, 3.8) is 0 Å². The molecule has 3 heterocycles. The molecular weight excluding hydrogens is 353 g/mol. The highest BCUT2D eigenvalue weighted by Gasteiger charge is 2.44. The van der Waals surface area contributed by atoms with Gasteiger partial charge in [-0.2, -0.15) is 0 Å². The molecule has 0 aliphatic carbocycles. The Balaban J connectivity index is 1.83. The second-order valence-corrected chi connectivity index (χ2v) is 7.61. The lowest BCUT2D eigenvalue weighted by Gasteiger charge is -2.44. The highest BCUT2D eigenvalue weighted by molar-refractivity contribution is 6.31. The zero-order chi connectivity index (χ0) is 18.5. The summed E-state index contributed by atoms with van der Waals surface area (Å²) in [6, 6.07) is 7.33. The number of hydrogen-bond donors (Lipinski definition) is 3. The highest BCUT2D eigenvalue weighted by Crippen LogP contribution is 2.43. The normalized spacial score (nSPS) is 26.3. The van der Waals surface area contributed by atoms with E-state index in [4.69, 9.17) is 11.6 Å². The van der Waals surface area contributed by atoms with Gasteiger partial charge >= 0.3 is 0 Å². The molecule has 2 unspecified atom stereocenters. The molecule has 1 aliphatic rings. The third-order valence-corrected chi connectivity index (χ3v) is 5.95. The Labute approximate surface area is 156 Å². The number of rotatable bonds is 2. The molecule has 2 atom stereocenters. The van der Waals surface area contributed by atoms with Crippen molar-refractivity contribution in [2.24, 2.45) is 11.8 Å². The van der Waals surface area contributed by atoms with Gasteiger partial charge in [-0.1, -0.05) is 37.6 Å². The van der Waals surface area contributed by atoms with Crippen molar-refractivity contribution in [2.45, 2.75) is 19.4 Å². The van der Waals surface area contributed by atoms with Gasteiger partial charge in [0.25, 0.3) is 0 Å². The van der Waals surface area contributed by atoms with E-state index in [0.717, 1.165) is 29.8 Å². The smallest absolute Gasteiger partial charge is 0.150 e. The van der Waals surface area contributed by atoms with E-state index in [0.29, 0.717) is 16.1 Å². The maximum Gasteiger partial charge on any atom is 0.150 e. The molecule has 1 fully saturated rings. The van der Waals surface area contributed by atoms with Crippen LogP contribution in [0.5, 0.6) is 0 Å². The minimum Gasteiger partial charge on any atom is -0.384 e. The molecule has 4 nitrogen and oxygen atoms in total. The molecule has 136 valence electrons. The van der Waals surface area contributed by atoms with Gasteiger partial charge in [-0.3, -0.25) is 0 Å². The second-order valence-electron chi connectivity index (χ2n) is 7.20. The molecule has 0 radical (unpaired) electrons. The van der Waals surface area contributed by atoms with Crippen LogP contribution in [0, 0.1) is 17.7 Å². The Bertz CT molecular complexity index is 961. The number of fused-ring (bicyclic) bond motifs is 1. The van der Waals surface area contributed by atoms with Gasteiger partial charge in [-0.25, -0.2) is 9.37 Å². The lowest BCUT2D eigenvalue weighted by molar-refractivity contribution is -0.0805. The lowest BCUT2D eigenvalue weighted by atomic mass is 9.71. The van der Waals surface area contributed by atoms with Gasteiger partial charge < -0.3 is 15.4 Å². The van der Waals surface area contributed by atoms with Crippen LogP contribution in [0.4, 0.5) is 4.39 Å². The fourth-order valence-corrected chi connectivity index (χ4v) is 4.44. The van der Waals surface area contributed by atoms with Crippen LogP contribution in [0.25, 0.3) is 22.2 Å². The van der Waals surface area contributed by atoms with E-state index in [-0.39, 0.29) is 17.7 Å². The summed E-state index contributed by atoms with van der Waals surface area (Å²) >= 11 is 6.60. The lowest BCUT2D eigenvalue weighted by Crippen LogP contribution is -2.52. The predicted molar refractivity (Wildman–Crippen MR) is 102 cm³/mol. The first-order chi connectivity index (χ1) is 12.4. The minimum atomic E-state index is -0.992. The highest BCUT2D eigenvalue weighted by atomic mass is 35.5. The summed E-state index contributed by atoms with van der Waals surface area (Å²) in [6.45, 7) is 5.51. The Morgan fingerprint density at radius 2 is 1.96 bits per heavy atom. The number of nitrogens with zero attached hydrogens (tertiary/aromatic N) is 1. The summed E-state index contributed by atoms with van der Waals surface area (Å²) in [6.07, 6.45) is 2.94. The van der Waals surface area contributed by atoms with Crippen molar-refractivity contribution in [3.8, 4) is 11.1 Å². The molecule has 26 heavy (non-hydrogen) atoms. The number of H-pyrrole nitrogens is 1. The Hall–Kier alpha value is -1.95. The number of halogens is 2. The molecule has 6 heteroatoms. The second kappa shape index (κ2) is 6.34. The van der Waals surface area contributed by atoms with Crippen LogP contribution < -0.4 is 5.32 Å². The number of benzene rings is 1. The molecule has 0 amide bonds. The monoisotopic (exact) mass is 373 g/mol. The van der Waals surface area contributed by atoms with Gasteiger partial charge in [-0.15, -0.1) is 0 Å². The Kier molecular flexibility index (Phi) is 4.26. The molecule has 0 bridgehead atoms. The van der Waals surface area contributed by atoms with Gasteiger partial charge in [-0.05, 0) is 23.3 Å². The third-order valence-electron chi connectivity index (χ3n) is 5.64. The summed E-state index contributed by atoms with van der Waals surface area (Å²) in [5, 5.41) is 15.7. The summed E-state index contributed by atoms with van der Waals surface area (Å²) in [7, 11) is 0. The van der Waals surface area contributed by atoms with Crippen LogP contribution in [0.15, 0.2) is 36.7 Å². The number of aliphatic hydroxyl groups is 1. The number of hydrogen-bond acceptors (Lipinski definition) is 3. The Morgan fingerprint density at radius 1 is 1.23 bits per heavy atom. The molecule has 4 rings (SSSR count). The van der Waals surface area contributed by atoms with E-state index in [9.17, 15) is 9.50 Å². The third kappa shape index (κ3) is 2.54. The minimum absolute atomic E-state index is 0.0318. The van der Waals surface area contributed by atoms with Crippen molar-refractivity contribution < 1.29 is 9.50 Å². The van der Waals surface area contributed by atoms with Gasteiger partial charge in [0, 0.05) is 47.9 Å². The van der Waals surface area contributed by atoms with Crippen LogP contribution in [-0.4, -0.2) is 28.2 Å². The van der Waals surface area contributed by atoms with Crippen molar-refractivity contribution in [1.82, 2.24) is 15.3 Å². The number of aromatic nitrogens is 2. The van der Waals surface area contributed by atoms with E-state index in [1.54, 1.807) is 18.3 Å². The summed E-state index contributed by atoms with van der Waals surface area (Å²) in [4.78, 5) is 6.98. The van der Waals surface area contributed by atoms with Crippen molar-refractivity contribution >= 4 is 22.6 Å². The molecule has 1 aliphatic heterocycles. The average Bonchev–Trinajstić information content (AvgIpc) is 3.01. The van der Waals surface area contributed by atoms with Crippen LogP contribution in [0.3, 0.4) is 0 Å². The molecule has 0 spiro atoms. The summed E-state index contributed by atoms with van der Waals surface area (Å²) < 4.78 is 14.2. The van der Waals surface area contributed by atoms with E-state index >= 15 is 0 Å². The maximum absolute atomic E-state index is 14.2. The zero-order valence-corrected chi connectivity index (χ0v) is 15.4. The van der Waals surface area contributed by atoms with E-state index < -0.39 is 5.60 Å². The van der Waals surface area contributed by atoms with Crippen molar-refractivity contribution in [3.05, 3.63) is 53.1 Å². The van der Waals surface area contributed by atoms with Gasteiger partial charge in [0.1, 0.15) is 5.65 Å². The molecule has 0 saturated carbocycles. The average molecular weight is 374 g/mol. The van der Waals surface area contributed by atoms with Crippen LogP contribution in [0.2, 0.25) is 5.02 Å². The largest absolute Gasteiger partial charge is 0.384 e. The standard InChI is InChI=1S/C20H21ClFN3O/c1-11-8-23-9-12(2)20(11,26)15-4-3-13(7-16(15)21)14-5-6-24-19-18(14)17(22)10-25-19/h3-7,10-12,23,26H,8-9H2,1-2H3,(H,24,25). The quantitative estimate of drug-likeness (QED) is 0.634. The van der Waals surface area contributed by atoms with Crippen LogP contribution >= 0.6 is 11.6 Å².